The maximum atomic E-state index is 14.0. The van der Waals surface area contributed by atoms with Gasteiger partial charge in [-0.25, -0.2) is 4.39 Å². The highest BCUT2D eigenvalue weighted by Gasteiger charge is 2.18. The first kappa shape index (κ1) is 17.9. The van der Waals surface area contributed by atoms with Crippen molar-refractivity contribution in [3.63, 3.8) is 0 Å². The average Bonchev–Trinajstić information content (AvgIpc) is 2.50. The van der Waals surface area contributed by atoms with Crippen molar-refractivity contribution in [1.29, 1.82) is 0 Å². The molecule has 0 fully saturated rings. The van der Waals surface area contributed by atoms with E-state index in [-0.39, 0.29) is 11.9 Å². The maximum absolute atomic E-state index is 14.0. The monoisotopic (exact) mass is 296 g/mol. The molecular weight excluding hydrogens is 267 g/mol. The summed E-state index contributed by atoms with van der Waals surface area (Å²) in [6.45, 7) is 9.54. The third-order valence-electron chi connectivity index (χ3n) is 4.07. The molecule has 0 radical (unpaired) electrons. The Balaban J connectivity index is 2.66. The predicted molar refractivity (Wildman–Crippen MR) is 86.1 cm³/mol. The molecule has 0 aliphatic heterocycles. The molecule has 1 rings (SSSR count). The first-order valence-corrected chi connectivity index (χ1v) is 7.83. The maximum Gasteiger partial charge on any atom is 0.131 e. The lowest BCUT2D eigenvalue weighted by Gasteiger charge is -2.25. The van der Waals surface area contributed by atoms with E-state index in [1.54, 1.807) is 19.2 Å². The smallest absolute Gasteiger partial charge is 0.131 e. The Kier molecular flexibility index (Phi) is 7.68. The molecule has 0 aliphatic carbocycles. The number of hydrogen-bond donors (Lipinski definition) is 1. The SMILES string of the molecule is CCC(C)CN(CC)CCC(N)c1c(F)cccc1OC. The Morgan fingerprint density at radius 2 is 2.05 bits per heavy atom. The number of hydrogen-bond acceptors (Lipinski definition) is 3. The molecule has 1 aromatic carbocycles. The first-order chi connectivity index (χ1) is 10.0. The van der Waals surface area contributed by atoms with Crippen molar-refractivity contribution >= 4 is 0 Å². The molecule has 0 bridgehead atoms. The lowest BCUT2D eigenvalue weighted by Crippen LogP contribution is -2.31. The summed E-state index contributed by atoms with van der Waals surface area (Å²) >= 11 is 0. The molecule has 0 amide bonds. The van der Waals surface area contributed by atoms with Gasteiger partial charge in [0, 0.05) is 18.2 Å². The van der Waals surface area contributed by atoms with Gasteiger partial charge >= 0.3 is 0 Å². The van der Waals surface area contributed by atoms with Crippen LogP contribution in [0.25, 0.3) is 0 Å². The van der Waals surface area contributed by atoms with Crippen LogP contribution in [0, 0.1) is 11.7 Å². The van der Waals surface area contributed by atoms with Gasteiger partial charge in [0.15, 0.2) is 0 Å². The zero-order valence-electron chi connectivity index (χ0n) is 13.7. The van der Waals surface area contributed by atoms with Crippen LogP contribution >= 0.6 is 0 Å². The molecule has 2 atom stereocenters. The molecule has 120 valence electrons. The topological polar surface area (TPSA) is 38.5 Å². The van der Waals surface area contributed by atoms with E-state index in [4.69, 9.17) is 10.5 Å². The van der Waals surface area contributed by atoms with Gasteiger partial charge in [-0.2, -0.15) is 0 Å². The number of benzene rings is 1. The number of rotatable bonds is 9. The molecule has 2 unspecified atom stereocenters. The van der Waals surface area contributed by atoms with E-state index >= 15 is 0 Å². The Hall–Kier alpha value is -1.13. The Morgan fingerprint density at radius 1 is 1.33 bits per heavy atom. The van der Waals surface area contributed by atoms with Crippen LogP contribution < -0.4 is 10.5 Å². The molecule has 0 aliphatic rings. The Bertz CT molecular complexity index is 425. The largest absolute Gasteiger partial charge is 0.496 e. The molecule has 0 spiro atoms. The van der Waals surface area contributed by atoms with E-state index in [1.165, 1.54) is 12.5 Å². The molecule has 1 aromatic rings. The Morgan fingerprint density at radius 3 is 2.62 bits per heavy atom. The van der Waals surface area contributed by atoms with E-state index < -0.39 is 0 Å². The molecule has 21 heavy (non-hydrogen) atoms. The van der Waals surface area contributed by atoms with Crippen LogP contribution in [0.15, 0.2) is 18.2 Å². The van der Waals surface area contributed by atoms with Gasteiger partial charge in [-0.15, -0.1) is 0 Å². The summed E-state index contributed by atoms with van der Waals surface area (Å²) in [6, 6.07) is 4.50. The van der Waals surface area contributed by atoms with Crippen LogP contribution in [-0.2, 0) is 0 Å². The van der Waals surface area contributed by atoms with Crippen molar-refractivity contribution in [2.45, 2.75) is 39.7 Å². The minimum Gasteiger partial charge on any atom is -0.496 e. The second-order valence-electron chi connectivity index (χ2n) is 5.66. The van der Waals surface area contributed by atoms with Crippen molar-refractivity contribution < 1.29 is 9.13 Å². The van der Waals surface area contributed by atoms with Crippen LogP contribution in [0.5, 0.6) is 5.75 Å². The fraction of sp³-hybridized carbons (Fsp3) is 0.647. The highest BCUT2D eigenvalue weighted by Crippen LogP contribution is 2.28. The van der Waals surface area contributed by atoms with Crippen LogP contribution in [0.3, 0.4) is 0 Å². The lowest BCUT2D eigenvalue weighted by atomic mass is 10.0. The van der Waals surface area contributed by atoms with Crippen LogP contribution in [-0.4, -0.2) is 31.6 Å². The van der Waals surface area contributed by atoms with Gasteiger partial charge in [0.1, 0.15) is 11.6 Å². The third-order valence-corrected chi connectivity index (χ3v) is 4.07. The molecule has 3 nitrogen and oxygen atoms in total. The van der Waals surface area contributed by atoms with Crippen molar-refractivity contribution in [2.24, 2.45) is 11.7 Å². The van der Waals surface area contributed by atoms with Crippen LogP contribution in [0.2, 0.25) is 0 Å². The van der Waals surface area contributed by atoms with Crippen LogP contribution in [0.4, 0.5) is 4.39 Å². The fourth-order valence-electron chi connectivity index (χ4n) is 2.47. The predicted octanol–water partition coefficient (Wildman–Crippen LogP) is 3.59. The van der Waals surface area contributed by atoms with E-state index in [0.29, 0.717) is 17.2 Å². The molecule has 4 heteroatoms. The van der Waals surface area contributed by atoms with Gasteiger partial charge in [0.25, 0.3) is 0 Å². The number of halogens is 1. The fourth-order valence-corrected chi connectivity index (χ4v) is 2.47. The summed E-state index contributed by atoms with van der Waals surface area (Å²) in [4.78, 5) is 2.38. The second kappa shape index (κ2) is 9.00. The highest BCUT2D eigenvalue weighted by atomic mass is 19.1. The van der Waals surface area contributed by atoms with Crippen LogP contribution in [0.1, 0.15) is 45.2 Å². The lowest BCUT2D eigenvalue weighted by molar-refractivity contribution is 0.236. The van der Waals surface area contributed by atoms with Gasteiger partial charge < -0.3 is 15.4 Å². The van der Waals surface area contributed by atoms with E-state index in [9.17, 15) is 4.39 Å². The van der Waals surface area contributed by atoms with Gasteiger partial charge in [-0.05, 0) is 37.6 Å². The van der Waals surface area contributed by atoms with Crippen molar-refractivity contribution in [1.82, 2.24) is 4.90 Å². The molecule has 0 saturated carbocycles. The molecule has 0 aromatic heterocycles. The molecule has 2 N–H and O–H groups in total. The summed E-state index contributed by atoms with van der Waals surface area (Å²) < 4.78 is 19.2. The van der Waals surface area contributed by atoms with E-state index in [2.05, 4.69) is 25.7 Å². The van der Waals surface area contributed by atoms with Crippen molar-refractivity contribution in [3.8, 4) is 5.75 Å². The number of ether oxygens (including phenoxy) is 1. The minimum absolute atomic E-state index is 0.285. The Labute approximate surface area is 128 Å². The van der Waals surface area contributed by atoms with E-state index in [1.807, 2.05) is 0 Å². The number of nitrogens with two attached hydrogens (primary N) is 1. The van der Waals surface area contributed by atoms with Gasteiger partial charge in [-0.1, -0.05) is 33.3 Å². The number of methoxy groups -OCH3 is 1. The average molecular weight is 296 g/mol. The van der Waals surface area contributed by atoms with Gasteiger partial charge in [0.05, 0.1) is 7.11 Å². The van der Waals surface area contributed by atoms with Gasteiger partial charge in [0.2, 0.25) is 0 Å². The zero-order valence-corrected chi connectivity index (χ0v) is 13.7. The minimum atomic E-state index is -0.341. The molecular formula is C17H29FN2O. The summed E-state index contributed by atoms with van der Waals surface area (Å²) in [5.41, 5.74) is 6.68. The summed E-state index contributed by atoms with van der Waals surface area (Å²) in [6.07, 6.45) is 1.89. The summed E-state index contributed by atoms with van der Waals surface area (Å²) in [5.74, 6) is 0.920. The molecule has 0 saturated heterocycles. The second-order valence-corrected chi connectivity index (χ2v) is 5.66. The first-order valence-electron chi connectivity index (χ1n) is 7.83. The normalized spacial score (nSPS) is 14.2. The quantitative estimate of drug-likeness (QED) is 0.757. The van der Waals surface area contributed by atoms with Crippen molar-refractivity contribution in [2.75, 3.05) is 26.7 Å². The standard InChI is InChI=1S/C17H29FN2O/c1-5-13(3)12-20(6-2)11-10-15(19)17-14(18)8-7-9-16(17)21-4/h7-9,13,15H,5-6,10-12,19H2,1-4H3. The van der Waals surface area contributed by atoms with Gasteiger partial charge in [-0.3, -0.25) is 0 Å². The number of nitrogens with zero attached hydrogens (tertiary/aromatic N) is 1. The molecule has 0 heterocycles. The zero-order chi connectivity index (χ0) is 15.8. The summed E-state index contributed by atoms with van der Waals surface area (Å²) in [5, 5.41) is 0. The van der Waals surface area contributed by atoms with E-state index in [0.717, 1.165) is 26.1 Å². The third kappa shape index (κ3) is 5.29. The van der Waals surface area contributed by atoms with Crippen molar-refractivity contribution in [3.05, 3.63) is 29.6 Å². The highest BCUT2D eigenvalue weighted by molar-refractivity contribution is 5.37. The summed E-state index contributed by atoms with van der Waals surface area (Å²) in [7, 11) is 1.55.